The molecule has 0 aromatic heterocycles. The van der Waals surface area contributed by atoms with Crippen molar-refractivity contribution >= 4 is 22.0 Å². The zero-order valence-electron chi connectivity index (χ0n) is 28.6. The van der Waals surface area contributed by atoms with Crippen molar-refractivity contribution in [2.45, 2.75) is 31.1 Å². The Morgan fingerprint density at radius 3 is 1.27 bits per heavy atom. The number of hydrogen-bond donors (Lipinski definition) is 2. The van der Waals surface area contributed by atoms with Gasteiger partial charge in [0, 0.05) is 19.6 Å². The number of aryl methyl sites for hydroxylation is 1. The molecular formula is C32H55NO15S. The summed E-state index contributed by atoms with van der Waals surface area (Å²) in [4.78, 5) is 21.9. The molecule has 16 nitrogen and oxygen atoms in total. The largest absolute Gasteiger partial charge is 0.481 e. The summed E-state index contributed by atoms with van der Waals surface area (Å²) in [7, 11) is -3.78. The van der Waals surface area contributed by atoms with E-state index in [0.29, 0.717) is 125 Å². The van der Waals surface area contributed by atoms with Gasteiger partial charge in [0.15, 0.2) is 0 Å². The lowest BCUT2D eigenvalue weighted by Crippen LogP contribution is -2.25. The van der Waals surface area contributed by atoms with E-state index in [1.54, 1.807) is 12.1 Å². The van der Waals surface area contributed by atoms with Crippen LogP contribution in [0.4, 0.5) is 0 Å². The van der Waals surface area contributed by atoms with Crippen molar-refractivity contribution in [3.8, 4) is 0 Å². The summed E-state index contributed by atoms with van der Waals surface area (Å²) in [5, 5.41) is 11.2. The minimum Gasteiger partial charge on any atom is -0.481 e. The number of rotatable bonds is 36. The van der Waals surface area contributed by atoms with Gasteiger partial charge >= 0.3 is 5.97 Å². The van der Waals surface area contributed by atoms with Crippen LogP contribution in [0, 0.1) is 6.92 Å². The molecule has 2 N–H and O–H groups in total. The molecule has 0 bridgehead atoms. The maximum absolute atomic E-state index is 12.1. The van der Waals surface area contributed by atoms with Crippen LogP contribution in [0.15, 0.2) is 29.2 Å². The molecule has 0 atom stereocenters. The third-order valence-electron chi connectivity index (χ3n) is 6.11. The van der Waals surface area contributed by atoms with Crippen LogP contribution >= 0.6 is 0 Å². The van der Waals surface area contributed by atoms with E-state index in [2.05, 4.69) is 5.32 Å². The maximum Gasteiger partial charge on any atom is 0.303 e. The first-order valence-corrected chi connectivity index (χ1v) is 17.9. The van der Waals surface area contributed by atoms with Gasteiger partial charge in [-0.05, 0) is 25.5 Å². The monoisotopic (exact) mass is 725 g/mol. The molecule has 0 fully saturated rings. The highest BCUT2D eigenvalue weighted by atomic mass is 32.2. The fourth-order valence-electron chi connectivity index (χ4n) is 3.55. The van der Waals surface area contributed by atoms with E-state index >= 15 is 0 Å². The average molecular weight is 726 g/mol. The molecule has 0 aliphatic rings. The van der Waals surface area contributed by atoms with Crippen LogP contribution in [0.1, 0.15) is 24.8 Å². The quantitative estimate of drug-likeness (QED) is 0.0741. The Labute approximate surface area is 290 Å². The molecule has 0 aliphatic heterocycles. The Balaban J connectivity index is 1.69. The molecule has 0 saturated heterocycles. The number of amides is 1. The molecule has 1 aromatic carbocycles. The van der Waals surface area contributed by atoms with Gasteiger partial charge in [-0.1, -0.05) is 17.7 Å². The van der Waals surface area contributed by atoms with E-state index in [-0.39, 0.29) is 36.9 Å². The molecular weight excluding hydrogens is 670 g/mol. The minimum absolute atomic E-state index is 0.0171. The first kappa shape index (κ1) is 44.7. The van der Waals surface area contributed by atoms with Gasteiger partial charge in [0.2, 0.25) is 5.91 Å². The lowest BCUT2D eigenvalue weighted by atomic mass is 10.2. The molecule has 0 radical (unpaired) electrons. The predicted octanol–water partition coefficient (Wildman–Crippen LogP) is 1.22. The van der Waals surface area contributed by atoms with Crippen molar-refractivity contribution in [3.05, 3.63) is 29.8 Å². The Hall–Kier alpha value is -2.29. The van der Waals surface area contributed by atoms with Crippen LogP contribution in [0.3, 0.4) is 0 Å². The van der Waals surface area contributed by atoms with Gasteiger partial charge in [0.05, 0.1) is 130 Å². The summed E-state index contributed by atoms with van der Waals surface area (Å²) in [5.74, 6) is -1.26. The standard InChI is InChI=1S/C32H55NO15S/c1-29-3-5-30(6-4-29)49(37,38)48-28-27-47-26-25-46-24-23-45-22-21-44-20-19-43-18-17-42-16-15-41-14-13-40-12-11-39-10-2-9-33-31(34)7-8-32(35)36/h3-6H,2,7-28H2,1H3,(H,33,34)(H,35,36). The molecule has 1 aromatic rings. The predicted molar refractivity (Wildman–Crippen MR) is 176 cm³/mol. The van der Waals surface area contributed by atoms with E-state index in [9.17, 15) is 18.0 Å². The number of carboxylic acid groups (broad SMARTS) is 1. The zero-order valence-corrected chi connectivity index (χ0v) is 29.5. The summed E-state index contributed by atoms with van der Waals surface area (Å²) in [6.07, 6.45) is 0.455. The Morgan fingerprint density at radius 2 is 0.898 bits per heavy atom. The summed E-state index contributed by atoms with van der Waals surface area (Å²) >= 11 is 0. The number of hydrogen-bond acceptors (Lipinski definition) is 14. The first-order valence-electron chi connectivity index (χ1n) is 16.5. The second kappa shape index (κ2) is 31.7. The van der Waals surface area contributed by atoms with Crippen LogP contribution in [0.25, 0.3) is 0 Å². The molecule has 0 unspecified atom stereocenters. The highest BCUT2D eigenvalue weighted by Gasteiger charge is 2.14. The van der Waals surface area contributed by atoms with Gasteiger partial charge in [-0.25, -0.2) is 0 Å². The second-order valence-corrected chi connectivity index (χ2v) is 11.8. The van der Waals surface area contributed by atoms with Crippen molar-refractivity contribution in [2.75, 3.05) is 132 Å². The lowest BCUT2D eigenvalue weighted by Gasteiger charge is -2.09. The molecule has 0 aliphatic carbocycles. The fourth-order valence-corrected chi connectivity index (χ4v) is 4.44. The van der Waals surface area contributed by atoms with Crippen molar-refractivity contribution in [1.82, 2.24) is 5.32 Å². The number of nitrogens with one attached hydrogen (secondary N) is 1. The fraction of sp³-hybridized carbons (Fsp3) is 0.750. The SMILES string of the molecule is Cc1ccc(S(=O)(=O)OCCOCCOCCOCCOCCOCCOCCOCCOCCOCCCNC(=O)CCC(=O)O)cc1. The number of benzene rings is 1. The minimum atomic E-state index is -3.78. The van der Waals surface area contributed by atoms with E-state index in [1.165, 1.54) is 12.1 Å². The molecule has 0 saturated carbocycles. The maximum atomic E-state index is 12.1. The summed E-state index contributed by atoms with van der Waals surface area (Å²) in [6.45, 7) is 9.80. The second-order valence-electron chi connectivity index (χ2n) is 10.2. The van der Waals surface area contributed by atoms with Crippen molar-refractivity contribution in [3.63, 3.8) is 0 Å². The van der Waals surface area contributed by atoms with Crippen molar-refractivity contribution in [1.29, 1.82) is 0 Å². The molecule has 1 rings (SSSR count). The van der Waals surface area contributed by atoms with Gasteiger partial charge in [-0.2, -0.15) is 8.42 Å². The molecule has 0 heterocycles. The Kier molecular flexibility index (Phi) is 28.9. The zero-order chi connectivity index (χ0) is 35.7. The van der Waals surface area contributed by atoms with E-state index in [1.807, 2.05) is 6.92 Å². The van der Waals surface area contributed by atoms with Crippen molar-refractivity contribution in [2.24, 2.45) is 0 Å². The summed E-state index contributed by atoms with van der Waals surface area (Å²) in [5.41, 5.74) is 0.969. The molecule has 1 amide bonds. The van der Waals surface area contributed by atoms with Gasteiger partial charge in [-0.15, -0.1) is 0 Å². The van der Waals surface area contributed by atoms with E-state index in [0.717, 1.165) is 5.56 Å². The van der Waals surface area contributed by atoms with Gasteiger partial charge in [0.1, 0.15) is 0 Å². The lowest BCUT2D eigenvalue weighted by molar-refractivity contribution is -0.138. The van der Waals surface area contributed by atoms with Gasteiger partial charge < -0.3 is 53.1 Å². The van der Waals surface area contributed by atoms with Crippen LogP contribution in [0.2, 0.25) is 0 Å². The number of ether oxygens (including phenoxy) is 9. The number of carboxylic acids is 1. The molecule has 17 heteroatoms. The van der Waals surface area contributed by atoms with Gasteiger partial charge in [0.25, 0.3) is 10.1 Å². The first-order chi connectivity index (χ1) is 23.8. The smallest absolute Gasteiger partial charge is 0.303 e. The highest BCUT2D eigenvalue weighted by molar-refractivity contribution is 7.86. The van der Waals surface area contributed by atoms with Gasteiger partial charge in [-0.3, -0.25) is 13.8 Å². The van der Waals surface area contributed by atoms with Crippen LogP contribution in [-0.2, 0) is 66.5 Å². The normalized spacial score (nSPS) is 11.6. The third kappa shape index (κ3) is 29.2. The summed E-state index contributed by atoms with van der Waals surface area (Å²) in [6, 6.07) is 6.45. The van der Waals surface area contributed by atoms with Crippen LogP contribution in [-0.4, -0.2) is 157 Å². The molecule has 49 heavy (non-hydrogen) atoms. The topological polar surface area (TPSA) is 193 Å². The average Bonchev–Trinajstić information content (AvgIpc) is 3.08. The molecule has 0 spiro atoms. The van der Waals surface area contributed by atoms with Crippen LogP contribution in [0.5, 0.6) is 0 Å². The number of carbonyl (C=O) groups excluding carboxylic acids is 1. The number of aliphatic carboxylic acids is 1. The Morgan fingerprint density at radius 1 is 0.551 bits per heavy atom. The number of carbonyl (C=O) groups is 2. The molecule has 284 valence electrons. The summed E-state index contributed by atoms with van der Waals surface area (Å²) < 4.78 is 77.9. The van der Waals surface area contributed by atoms with E-state index < -0.39 is 16.1 Å². The van der Waals surface area contributed by atoms with E-state index in [4.69, 9.17) is 51.9 Å². The highest BCUT2D eigenvalue weighted by Crippen LogP contribution is 2.12. The Bertz CT molecular complexity index is 1040. The third-order valence-corrected chi connectivity index (χ3v) is 7.43. The van der Waals surface area contributed by atoms with Crippen molar-refractivity contribution < 1.29 is 69.9 Å². The van der Waals surface area contributed by atoms with Crippen LogP contribution < -0.4 is 5.32 Å².